The van der Waals surface area contributed by atoms with Gasteiger partial charge in [-0.2, -0.15) is 5.10 Å². The number of aryl methyl sites for hydroxylation is 4. The van der Waals surface area contributed by atoms with Gasteiger partial charge in [-0.3, -0.25) is 14.0 Å². The van der Waals surface area contributed by atoms with Gasteiger partial charge in [0, 0.05) is 30.2 Å². The van der Waals surface area contributed by atoms with E-state index in [1.165, 1.54) is 16.7 Å². The van der Waals surface area contributed by atoms with Gasteiger partial charge in [0.2, 0.25) is 0 Å². The summed E-state index contributed by atoms with van der Waals surface area (Å²) in [6, 6.07) is 12.0. The summed E-state index contributed by atoms with van der Waals surface area (Å²) >= 11 is 0. The van der Waals surface area contributed by atoms with Crippen molar-refractivity contribution >= 4 is 10.8 Å². The first-order valence-electron chi connectivity index (χ1n) is 10.4. The molecule has 0 saturated carbocycles. The van der Waals surface area contributed by atoms with E-state index in [2.05, 4.69) is 36.9 Å². The largest absolute Gasteiger partial charge is 0.280 e. The van der Waals surface area contributed by atoms with Crippen LogP contribution < -0.4 is 5.56 Å². The maximum Gasteiger partial charge on any atom is 0.264 e. The summed E-state index contributed by atoms with van der Waals surface area (Å²) in [4.78, 5) is 13.9. The Hall–Kier alpha value is -3.58. The predicted octanol–water partition coefficient (Wildman–Crippen LogP) is 4.09. The van der Waals surface area contributed by atoms with E-state index in [9.17, 15) is 4.79 Å². The van der Waals surface area contributed by atoms with Crippen LogP contribution in [0.3, 0.4) is 0 Å². The van der Waals surface area contributed by atoms with Crippen LogP contribution in [-0.4, -0.2) is 14.3 Å². The summed E-state index contributed by atoms with van der Waals surface area (Å²) in [5.41, 5.74) is 7.53. The third-order valence-electron chi connectivity index (χ3n) is 6.02. The molecule has 0 amide bonds. The van der Waals surface area contributed by atoms with Crippen LogP contribution in [0.25, 0.3) is 16.5 Å². The van der Waals surface area contributed by atoms with Gasteiger partial charge in [0.05, 0.1) is 17.1 Å². The topological polar surface area (TPSA) is 39.8 Å². The van der Waals surface area contributed by atoms with Crippen molar-refractivity contribution in [2.24, 2.45) is 7.05 Å². The monoisotopic (exact) mass is 393 g/mol. The van der Waals surface area contributed by atoms with Crippen LogP contribution in [0, 0.1) is 18.8 Å². The van der Waals surface area contributed by atoms with E-state index in [1.54, 1.807) is 10.9 Å². The second kappa shape index (κ2) is 7.03. The molecule has 2 aromatic carbocycles. The van der Waals surface area contributed by atoms with Gasteiger partial charge in [-0.1, -0.05) is 37.0 Å². The molecule has 0 N–H and O–H groups in total. The lowest BCUT2D eigenvalue weighted by Crippen LogP contribution is -2.24. The molecule has 0 aliphatic heterocycles. The Morgan fingerprint density at radius 1 is 1.07 bits per heavy atom. The molecule has 4 aromatic rings. The highest BCUT2D eigenvalue weighted by Gasteiger charge is 2.26. The standard InChI is InChI=1S/C26H23N3O/c1-4-23-22-13-12-21-17(2)14-19(11-10-18-15-27-28(3)16-18)24(25(21)22)26(30)29(23)20-8-6-5-7-9-20/h5-9,14-16H,4,12-13H2,1-3H3. The molecule has 1 aliphatic carbocycles. The molecule has 0 bridgehead atoms. The molecular weight excluding hydrogens is 370 g/mol. The number of nitrogens with zero attached hydrogens (tertiary/aromatic N) is 3. The summed E-state index contributed by atoms with van der Waals surface area (Å²) < 4.78 is 3.63. The molecule has 4 heteroatoms. The molecule has 5 rings (SSSR count). The maximum atomic E-state index is 13.9. The summed E-state index contributed by atoms with van der Waals surface area (Å²) in [6.07, 6.45) is 6.41. The Balaban J connectivity index is 1.88. The molecule has 2 aromatic heterocycles. The van der Waals surface area contributed by atoms with Crippen molar-refractivity contribution in [2.45, 2.75) is 33.1 Å². The first-order chi connectivity index (χ1) is 14.6. The average Bonchev–Trinajstić information content (AvgIpc) is 3.37. The number of pyridine rings is 1. The lowest BCUT2D eigenvalue weighted by Gasteiger charge is -2.18. The zero-order chi connectivity index (χ0) is 20.8. The summed E-state index contributed by atoms with van der Waals surface area (Å²) in [5, 5.41) is 6.08. The van der Waals surface area contributed by atoms with E-state index in [0.29, 0.717) is 0 Å². The number of hydrogen-bond donors (Lipinski definition) is 0. The summed E-state index contributed by atoms with van der Waals surface area (Å²) in [5.74, 6) is 6.47. The average molecular weight is 393 g/mol. The predicted molar refractivity (Wildman–Crippen MR) is 120 cm³/mol. The quantitative estimate of drug-likeness (QED) is 0.481. The van der Waals surface area contributed by atoms with Gasteiger partial charge < -0.3 is 0 Å². The van der Waals surface area contributed by atoms with Crippen molar-refractivity contribution in [1.82, 2.24) is 14.3 Å². The van der Waals surface area contributed by atoms with E-state index in [-0.39, 0.29) is 5.56 Å². The number of aromatic nitrogens is 3. The zero-order valence-corrected chi connectivity index (χ0v) is 17.5. The fourth-order valence-corrected chi connectivity index (χ4v) is 4.71. The second-order valence-corrected chi connectivity index (χ2v) is 7.88. The number of para-hydroxylation sites is 1. The Morgan fingerprint density at radius 2 is 1.83 bits per heavy atom. The summed E-state index contributed by atoms with van der Waals surface area (Å²) in [7, 11) is 1.87. The Bertz CT molecular complexity index is 1410. The van der Waals surface area contributed by atoms with Gasteiger partial charge in [0.25, 0.3) is 5.56 Å². The van der Waals surface area contributed by atoms with Gasteiger partial charge in [0.1, 0.15) is 0 Å². The third kappa shape index (κ3) is 2.78. The molecule has 4 nitrogen and oxygen atoms in total. The van der Waals surface area contributed by atoms with E-state index < -0.39 is 0 Å². The first-order valence-corrected chi connectivity index (χ1v) is 10.4. The number of rotatable bonds is 2. The van der Waals surface area contributed by atoms with Gasteiger partial charge in [-0.05, 0) is 66.5 Å². The fraction of sp³-hybridized carbons (Fsp3) is 0.231. The van der Waals surface area contributed by atoms with Crippen LogP contribution in [0.5, 0.6) is 0 Å². The smallest absolute Gasteiger partial charge is 0.264 e. The molecule has 1 aliphatic rings. The van der Waals surface area contributed by atoms with Crippen molar-refractivity contribution in [2.75, 3.05) is 0 Å². The zero-order valence-electron chi connectivity index (χ0n) is 17.5. The van der Waals surface area contributed by atoms with Crippen molar-refractivity contribution in [3.05, 3.63) is 92.7 Å². The molecule has 0 fully saturated rings. The lowest BCUT2D eigenvalue weighted by molar-refractivity contribution is 0.767. The Morgan fingerprint density at radius 3 is 2.53 bits per heavy atom. The Kier molecular flexibility index (Phi) is 4.33. The van der Waals surface area contributed by atoms with Crippen molar-refractivity contribution in [3.63, 3.8) is 0 Å². The van der Waals surface area contributed by atoms with Crippen molar-refractivity contribution < 1.29 is 0 Å². The van der Waals surface area contributed by atoms with Gasteiger partial charge in [0.15, 0.2) is 0 Å². The number of hydrogen-bond acceptors (Lipinski definition) is 2. The molecule has 148 valence electrons. The van der Waals surface area contributed by atoms with Gasteiger partial charge in [-0.25, -0.2) is 0 Å². The fourth-order valence-electron chi connectivity index (χ4n) is 4.71. The molecule has 0 radical (unpaired) electrons. The maximum absolute atomic E-state index is 13.9. The van der Waals surface area contributed by atoms with Crippen LogP contribution in [0.2, 0.25) is 0 Å². The van der Waals surface area contributed by atoms with E-state index in [4.69, 9.17) is 0 Å². The highest BCUT2D eigenvalue weighted by Crippen LogP contribution is 2.36. The normalized spacial score (nSPS) is 12.2. The van der Waals surface area contributed by atoms with Crippen molar-refractivity contribution in [3.8, 4) is 17.5 Å². The minimum Gasteiger partial charge on any atom is -0.280 e. The molecular formula is C26H23N3O. The van der Waals surface area contributed by atoms with E-state index in [0.717, 1.165) is 52.5 Å². The second-order valence-electron chi connectivity index (χ2n) is 7.88. The minimum absolute atomic E-state index is 0.0236. The van der Waals surface area contributed by atoms with Crippen molar-refractivity contribution in [1.29, 1.82) is 0 Å². The molecule has 0 spiro atoms. The van der Waals surface area contributed by atoms with E-state index in [1.807, 2.05) is 48.1 Å². The molecule has 2 heterocycles. The highest BCUT2D eigenvalue weighted by atomic mass is 16.1. The third-order valence-corrected chi connectivity index (χ3v) is 6.02. The molecule has 0 atom stereocenters. The van der Waals surface area contributed by atoms with Crippen LogP contribution in [0.15, 0.2) is 53.6 Å². The lowest BCUT2D eigenvalue weighted by atomic mass is 9.95. The van der Waals surface area contributed by atoms with Crippen LogP contribution in [0.1, 0.15) is 40.4 Å². The van der Waals surface area contributed by atoms with Gasteiger partial charge in [-0.15, -0.1) is 0 Å². The molecule has 0 saturated heterocycles. The Labute approximate surface area is 175 Å². The van der Waals surface area contributed by atoms with Gasteiger partial charge >= 0.3 is 0 Å². The SMILES string of the molecule is CCc1c2c3c(c(C)cc(C#Cc4cnn(C)c4)c3c(=O)n1-c1ccccc1)CC2. The van der Waals surface area contributed by atoms with E-state index >= 15 is 0 Å². The molecule has 30 heavy (non-hydrogen) atoms. The highest BCUT2D eigenvalue weighted by molar-refractivity contribution is 5.96. The summed E-state index contributed by atoms with van der Waals surface area (Å²) in [6.45, 7) is 4.26. The van der Waals surface area contributed by atoms with Crippen LogP contribution in [-0.2, 0) is 26.3 Å². The van der Waals surface area contributed by atoms with Crippen LogP contribution >= 0.6 is 0 Å². The first kappa shape index (κ1) is 18.4. The molecule has 0 unspecified atom stereocenters. The van der Waals surface area contributed by atoms with Crippen LogP contribution in [0.4, 0.5) is 0 Å². The minimum atomic E-state index is 0.0236. The number of benzene rings is 2.